The molecule has 0 saturated heterocycles. The van der Waals surface area contributed by atoms with Gasteiger partial charge in [-0.3, -0.25) is 0 Å². The molecule has 26 heavy (non-hydrogen) atoms. The molecule has 0 atom stereocenters. The zero-order valence-corrected chi connectivity index (χ0v) is 17.6. The van der Waals surface area contributed by atoms with E-state index in [0.29, 0.717) is 10.6 Å². The van der Waals surface area contributed by atoms with Gasteiger partial charge in [0.05, 0.1) is 15.6 Å². The molecule has 0 aromatic heterocycles. The third kappa shape index (κ3) is 4.79. The van der Waals surface area contributed by atoms with Gasteiger partial charge in [0.1, 0.15) is 11.5 Å². The molecule has 0 bridgehead atoms. The van der Waals surface area contributed by atoms with Crippen molar-refractivity contribution in [1.82, 2.24) is 0 Å². The van der Waals surface area contributed by atoms with Gasteiger partial charge in [0.25, 0.3) is 0 Å². The van der Waals surface area contributed by atoms with Crippen LogP contribution in [0.2, 0.25) is 15.1 Å². The van der Waals surface area contributed by atoms with Gasteiger partial charge >= 0.3 is 0 Å². The highest BCUT2D eigenvalue weighted by molar-refractivity contribution is 6.45. The summed E-state index contributed by atoms with van der Waals surface area (Å²) in [6.07, 6.45) is 5.70. The fourth-order valence-corrected chi connectivity index (χ4v) is 3.85. The Morgan fingerprint density at radius 1 is 0.885 bits per heavy atom. The fraction of sp³-hybridized carbons (Fsp3) is 0.429. The van der Waals surface area contributed by atoms with E-state index in [1.807, 2.05) is 0 Å². The van der Waals surface area contributed by atoms with Gasteiger partial charge in [-0.05, 0) is 41.7 Å². The van der Waals surface area contributed by atoms with Crippen molar-refractivity contribution in [2.45, 2.75) is 58.3 Å². The number of aromatic hydroxyl groups is 2. The number of halogens is 3. The van der Waals surface area contributed by atoms with Crippen LogP contribution in [0.15, 0.2) is 24.3 Å². The summed E-state index contributed by atoms with van der Waals surface area (Å²) in [5.74, 6) is -0.0799. The number of unbranched alkanes of at least 4 members (excludes halogenated alkanes) is 3. The normalized spacial score (nSPS) is 11.8. The molecular weight excluding hydrogens is 391 g/mol. The molecule has 5 heteroatoms. The summed E-state index contributed by atoms with van der Waals surface area (Å²) >= 11 is 18.4. The number of phenolic OH excluding ortho intramolecular Hbond substituents is 2. The highest BCUT2D eigenvalue weighted by Gasteiger charge is 2.25. The average molecular weight is 416 g/mol. The Labute approximate surface area is 170 Å². The molecule has 0 aliphatic heterocycles. The quantitative estimate of drug-likeness (QED) is 0.355. The predicted octanol–water partition coefficient (Wildman–Crippen LogP) is 7.97. The van der Waals surface area contributed by atoms with Crippen LogP contribution in [0.25, 0.3) is 11.1 Å². The zero-order chi connectivity index (χ0) is 19.5. The van der Waals surface area contributed by atoms with Gasteiger partial charge in [-0.15, -0.1) is 0 Å². The summed E-state index contributed by atoms with van der Waals surface area (Å²) in [5.41, 5.74) is 1.38. The lowest BCUT2D eigenvalue weighted by molar-refractivity contribution is 0.425. The van der Waals surface area contributed by atoms with Crippen LogP contribution in [-0.4, -0.2) is 10.2 Å². The summed E-state index contributed by atoms with van der Waals surface area (Å²) in [6, 6.07) is 6.50. The number of benzene rings is 2. The molecule has 2 nitrogen and oxygen atoms in total. The second-order valence-electron chi connectivity index (χ2n) is 7.33. The first-order chi connectivity index (χ1) is 12.2. The van der Waals surface area contributed by atoms with Gasteiger partial charge in [0.2, 0.25) is 0 Å². The number of rotatable bonds is 7. The smallest absolute Gasteiger partial charge is 0.127 e. The van der Waals surface area contributed by atoms with Gasteiger partial charge in [-0.2, -0.15) is 0 Å². The Balaban J connectivity index is 2.40. The second kappa shape index (κ2) is 8.73. The number of phenols is 2. The minimum atomic E-state index is -0.156. The Hall–Kier alpha value is -1.09. The SMILES string of the molecule is CCCCCCC(C)(C)c1cc(O)c(-c2cc(Cl)cc(Cl)c2Cl)c(O)c1. The van der Waals surface area contributed by atoms with E-state index in [-0.39, 0.29) is 32.5 Å². The molecule has 2 aromatic carbocycles. The van der Waals surface area contributed by atoms with E-state index in [1.165, 1.54) is 25.3 Å². The Morgan fingerprint density at radius 2 is 1.50 bits per heavy atom. The van der Waals surface area contributed by atoms with Crippen LogP contribution in [0.3, 0.4) is 0 Å². The Morgan fingerprint density at radius 3 is 2.08 bits per heavy atom. The molecule has 0 heterocycles. The van der Waals surface area contributed by atoms with Gasteiger partial charge in [0, 0.05) is 10.6 Å². The first-order valence-corrected chi connectivity index (χ1v) is 10.0. The van der Waals surface area contributed by atoms with Crippen LogP contribution in [0, 0.1) is 0 Å². The molecule has 0 fully saturated rings. The van der Waals surface area contributed by atoms with Crippen LogP contribution in [0.5, 0.6) is 11.5 Å². The van der Waals surface area contributed by atoms with E-state index in [1.54, 1.807) is 18.2 Å². The molecule has 0 radical (unpaired) electrons. The van der Waals surface area contributed by atoms with E-state index in [2.05, 4.69) is 20.8 Å². The van der Waals surface area contributed by atoms with Gasteiger partial charge in [0.15, 0.2) is 0 Å². The molecule has 2 N–H and O–H groups in total. The number of hydrogen-bond acceptors (Lipinski definition) is 2. The maximum absolute atomic E-state index is 10.6. The summed E-state index contributed by atoms with van der Waals surface area (Å²) in [4.78, 5) is 0. The average Bonchev–Trinajstić information content (AvgIpc) is 2.55. The van der Waals surface area contributed by atoms with Crippen molar-refractivity contribution in [3.05, 3.63) is 44.9 Å². The van der Waals surface area contributed by atoms with Crippen molar-refractivity contribution in [2.75, 3.05) is 0 Å². The molecule has 0 amide bonds. The Bertz CT molecular complexity index is 762. The number of hydrogen-bond donors (Lipinski definition) is 2. The van der Waals surface area contributed by atoms with Crippen LogP contribution in [-0.2, 0) is 5.41 Å². The molecule has 2 rings (SSSR count). The minimum absolute atomic E-state index is 0.0399. The highest BCUT2D eigenvalue weighted by Crippen LogP contribution is 2.46. The highest BCUT2D eigenvalue weighted by atomic mass is 35.5. The van der Waals surface area contributed by atoms with Crippen molar-refractivity contribution < 1.29 is 10.2 Å². The fourth-order valence-electron chi connectivity index (χ4n) is 3.15. The summed E-state index contributed by atoms with van der Waals surface area (Å²) in [6.45, 7) is 6.43. The lowest BCUT2D eigenvalue weighted by atomic mass is 9.79. The predicted molar refractivity (Wildman–Crippen MR) is 112 cm³/mol. The van der Waals surface area contributed by atoms with E-state index in [9.17, 15) is 10.2 Å². The van der Waals surface area contributed by atoms with Crippen molar-refractivity contribution >= 4 is 34.8 Å². The minimum Gasteiger partial charge on any atom is -0.507 e. The van der Waals surface area contributed by atoms with Crippen molar-refractivity contribution in [3.63, 3.8) is 0 Å². The molecule has 0 spiro atoms. The second-order valence-corrected chi connectivity index (χ2v) is 8.55. The zero-order valence-electron chi connectivity index (χ0n) is 15.4. The molecule has 0 saturated carbocycles. The van der Waals surface area contributed by atoms with Crippen LogP contribution in [0.1, 0.15) is 58.4 Å². The third-order valence-electron chi connectivity index (χ3n) is 4.80. The van der Waals surface area contributed by atoms with Crippen LogP contribution >= 0.6 is 34.8 Å². The summed E-state index contributed by atoms with van der Waals surface area (Å²) < 4.78 is 0. The first-order valence-electron chi connectivity index (χ1n) is 8.88. The van der Waals surface area contributed by atoms with E-state index in [0.717, 1.165) is 18.4 Å². The maximum atomic E-state index is 10.6. The van der Waals surface area contributed by atoms with Gasteiger partial charge in [-0.1, -0.05) is 81.3 Å². The van der Waals surface area contributed by atoms with E-state index in [4.69, 9.17) is 34.8 Å². The topological polar surface area (TPSA) is 40.5 Å². The van der Waals surface area contributed by atoms with Crippen molar-refractivity contribution in [2.24, 2.45) is 0 Å². The van der Waals surface area contributed by atoms with Gasteiger partial charge < -0.3 is 10.2 Å². The molecule has 2 aromatic rings. The Kier molecular flexibility index (Phi) is 7.12. The molecular formula is C21H25Cl3O2. The molecule has 0 aliphatic rings. The van der Waals surface area contributed by atoms with E-state index < -0.39 is 0 Å². The molecule has 0 aliphatic carbocycles. The van der Waals surface area contributed by atoms with Crippen molar-refractivity contribution in [3.8, 4) is 22.6 Å². The summed E-state index contributed by atoms with van der Waals surface area (Å²) in [7, 11) is 0. The van der Waals surface area contributed by atoms with Crippen LogP contribution in [0.4, 0.5) is 0 Å². The third-order valence-corrected chi connectivity index (χ3v) is 5.82. The monoisotopic (exact) mass is 414 g/mol. The van der Waals surface area contributed by atoms with Crippen LogP contribution < -0.4 is 0 Å². The molecule has 142 valence electrons. The molecule has 0 unspecified atom stereocenters. The standard InChI is InChI=1S/C21H25Cl3O2/c1-4-5-6-7-8-21(2,3)13-9-17(25)19(18(26)10-13)15-11-14(22)12-16(23)20(15)24/h9-12,25-26H,4-8H2,1-3H3. The summed E-state index contributed by atoms with van der Waals surface area (Å²) in [5, 5.41) is 22.1. The van der Waals surface area contributed by atoms with E-state index >= 15 is 0 Å². The lowest BCUT2D eigenvalue weighted by Crippen LogP contribution is -2.17. The maximum Gasteiger partial charge on any atom is 0.127 e. The van der Waals surface area contributed by atoms with Gasteiger partial charge in [-0.25, -0.2) is 0 Å². The largest absolute Gasteiger partial charge is 0.507 e. The lowest BCUT2D eigenvalue weighted by Gasteiger charge is -2.26. The van der Waals surface area contributed by atoms with Crippen molar-refractivity contribution in [1.29, 1.82) is 0 Å². The first kappa shape index (κ1) is 21.2.